The SMILES string of the molecule is CN=C(NCC1CCS(=O)(=O)C1)NCC1CCCCC1C(F)(F)F.I. The summed E-state index contributed by atoms with van der Waals surface area (Å²) < 4.78 is 62.2. The van der Waals surface area contributed by atoms with Gasteiger partial charge in [-0.05, 0) is 31.1 Å². The van der Waals surface area contributed by atoms with Crippen LogP contribution < -0.4 is 10.6 Å². The Labute approximate surface area is 164 Å². The third kappa shape index (κ3) is 7.10. The van der Waals surface area contributed by atoms with Gasteiger partial charge >= 0.3 is 6.18 Å². The third-order valence-electron chi connectivity index (χ3n) is 4.97. The summed E-state index contributed by atoms with van der Waals surface area (Å²) >= 11 is 0. The molecule has 5 nitrogen and oxygen atoms in total. The van der Waals surface area contributed by atoms with Crippen LogP contribution in [0.1, 0.15) is 32.1 Å². The number of alkyl halides is 3. The smallest absolute Gasteiger partial charge is 0.356 e. The number of guanidine groups is 1. The van der Waals surface area contributed by atoms with Gasteiger partial charge in [0.05, 0.1) is 17.4 Å². The molecule has 2 rings (SSSR count). The highest BCUT2D eigenvalue weighted by atomic mass is 127. The maximum atomic E-state index is 13.1. The summed E-state index contributed by atoms with van der Waals surface area (Å²) in [7, 11) is -1.37. The number of sulfone groups is 1. The van der Waals surface area contributed by atoms with Gasteiger partial charge in [-0.1, -0.05) is 12.8 Å². The van der Waals surface area contributed by atoms with Crippen LogP contribution in [0.4, 0.5) is 13.2 Å². The van der Waals surface area contributed by atoms with E-state index in [1.54, 1.807) is 7.05 Å². The van der Waals surface area contributed by atoms with Gasteiger partial charge in [-0.25, -0.2) is 8.42 Å². The van der Waals surface area contributed by atoms with Gasteiger partial charge in [-0.2, -0.15) is 13.2 Å². The molecule has 2 N–H and O–H groups in total. The zero-order chi connectivity index (χ0) is 17.8. The minimum atomic E-state index is -4.15. The van der Waals surface area contributed by atoms with Crippen LogP contribution in [0.5, 0.6) is 0 Å². The van der Waals surface area contributed by atoms with Gasteiger partial charge in [-0.3, -0.25) is 4.99 Å². The van der Waals surface area contributed by atoms with E-state index >= 15 is 0 Å². The van der Waals surface area contributed by atoms with E-state index < -0.39 is 27.8 Å². The molecule has 0 spiro atoms. The molecular formula is C15H27F3IN3O2S. The molecule has 10 heteroatoms. The van der Waals surface area contributed by atoms with Crippen molar-refractivity contribution in [2.45, 2.75) is 38.3 Å². The van der Waals surface area contributed by atoms with Crippen molar-refractivity contribution in [1.29, 1.82) is 0 Å². The number of nitrogens with zero attached hydrogens (tertiary/aromatic N) is 1. The minimum Gasteiger partial charge on any atom is -0.356 e. The maximum Gasteiger partial charge on any atom is 0.392 e. The highest BCUT2D eigenvalue weighted by Gasteiger charge is 2.45. The van der Waals surface area contributed by atoms with Crippen LogP contribution in [0.25, 0.3) is 0 Å². The lowest BCUT2D eigenvalue weighted by Crippen LogP contribution is -2.45. The highest BCUT2D eigenvalue weighted by molar-refractivity contribution is 14.0. The molecule has 1 aliphatic carbocycles. The zero-order valence-electron chi connectivity index (χ0n) is 14.3. The average Bonchev–Trinajstić information content (AvgIpc) is 2.86. The van der Waals surface area contributed by atoms with E-state index in [2.05, 4.69) is 15.6 Å². The molecule has 1 aliphatic heterocycles. The lowest BCUT2D eigenvalue weighted by Gasteiger charge is -2.33. The molecule has 0 aromatic rings. The number of nitrogens with one attached hydrogen (secondary N) is 2. The molecule has 3 atom stereocenters. The first-order valence-electron chi connectivity index (χ1n) is 8.43. The first-order valence-corrected chi connectivity index (χ1v) is 10.2. The molecule has 1 heterocycles. The van der Waals surface area contributed by atoms with Gasteiger partial charge in [0.25, 0.3) is 0 Å². The second kappa shape index (κ2) is 9.61. The summed E-state index contributed by atoms with van der Waals surface area (Å²) in [6.45, 7) is 0.694. The fourth-order valence-corrected chi connectivity index (χ4v) is 5.47. The molecule has 0 bridgehead atoms. The van der Waals surface area contributed by atoms with Crippen LogP contribution in [-0.2, 0) is 9.84 Å². The Kier molecular flexibility index (Phi) is 8.76. The lowest BCUT2D eigenvalue weighted by atomic mass is 9.79. The number of hydrogen-bond acceptors (Lipinski definition) is 3. The van der Waals surface area contributed by atoms with Gasteiger partial charge in [-0.15, -0.1) is 24.0 Å². The molecule has 1 saturated carbocycles. The fraction of sp³-hybridized carbons (Fsp3) is 0.933. The summed E-state index contributed by atoms with van der Waals surface area (Å²) in [5.74, 6) is -0.853. The fourth-order valence-electron chi connectivity index (χ4n) is 3.61. The van der Waals surface area contributed by atoms with Crippen molar-refractivity contribution in [2.24, 2.45) is 22.7 Å². The van der Waals surface area contributed by atoms with Gasteiger partial charge in [0, 0.05) is 20.1 Å². The van der Waals surface area contributed by atoms with Gasteiger partial charge in [0.15, 0.2) is 15.8 Å². The van der Waals surface area contributed by atoms with Crippen LogP contribution in [0, 0.1) is 17.8 Å². The van der Waals surface area contributed by atoms with E-state index in [4.69, 9.17) is 0 Å². The molecule has 0 aromatic carbocycles. The summed E-state index contributed by atoms with van der Waals surface area (Å²) in [5, 5.41) is 6.01. The monoisotopic (exact) mass is 497 g/mol. The van der Waals surface area contributed by atoms with Crippen molar-refractivity contribution >= 4 is 39.8 Å². The zero-order valence-corrected chi connectivity index (χ0v) is 17.5. The predicted molar refractivity (Wildman–Crippen MR) is 103 cm³/mol. The predicted octanol–water partition coefficient (Wildman–Crippen LogP) is 2.57. The van der Waals surface area contributed by atoms with Crippen molar-refractivity contribution in [2.75, 3.05) is 31.6 Å². The lowest BCUT2D eigenvalue weighted by molar-refractivity contribution is -0.195. The van der Waals surface area contributed by atoms with Crippen LogP contribution in [0.15, 0.2) is 4.99 Å². The second-order valence-electron chi connectivity index (χ2n) is 6.80. The Hall–Kier alpha value is -0.260. The van der Waals surface area contributed by atoms with Gasteiger partial charge in [0.1, 0.15) is 0 Å². The maximum absolute atomic E-state index is 13.1. The molecule has 148 valence electrons. The van der Waals surface area contributed by atoms with Gasteiger partial charge in [0.2, 0.25) is 0 Å². The summed E-state index contributed by atoms with van der Waals surface area (Å²) in [4.78, 5) is 4.02. The summed E-state index contributed by atoms with van der Waals surface area (Å²) in [6.07, 6.45) is -1.32. The van der Waals surface area contributed by atoms with Crippen LogP contribution in [0.3, 0.4) is 0 Å². The van der Waals surface area contributed by atoms with E-state index in [0.717, 1.165) is 6.42 Å². The van der Waals surface area contributed by atoms with Crippen molar-refractivity contribution in [3.05, 3.63) is 0 Å². The molecule has 2 aliphatic rings. The molecule has 3 unspecified atom stereocenters. The van der Waals surface area contributed by atoms with Crippen LogP contribution >= 0.6 is 24.0 Å². The summed E-state index contributed by atoms with van der Waals surface area (Å²) in [5.41, 5.74) is 0. The highest BCUT2D eigenvalue weighted by Crippen LogP contribution is 2.41. The topological polar surface area (TPSA) is 70.6 Å². The van der Waals surface area contributed by atoms with Crippen molar-refractivity contribution in [3.8, 4) is 0 Å². The molecule has 25 heavy (non-hydrogen) atoms. The minimum absolute atomic E-state index is 0. The Morgan fingerprint density at radius 1 is 1.12 bits per heavy atom. The Morgan fingerprint density at radius 2 is 1.76 bits per heavy atom. The van der Waals surface area contributed by atoms with Crippen LogP contribution in [0.2, 0.25) is 0 Å². The van der Waals surface area contributed by atoms with Crippen molar-refractivity contribution < 1.29 is 21.6 Å². The second-order valence-corrected chi connectivity index (χ2v) is 9.02. The van der Waals surface area contributed by atoms with E-state index in [1.807, 2.05) is 0 Å². The number of rotatable bonds is 4. The number of halogens is 4. The van der Waals surface area contributed by atoms with Gasteiger partial charge < -0.3 is 10.6 Å². The molecule has 1 saturated heterocycles. The average molecular weight is 497 g/mol. The Morgan fingerprint density at radius 3 is 2.32 bits per heavy atom. The third-order valence-corrected chi connectivity index (χ3v) is 6.81. The molecule has 2 fully saturated rings. The van der Waals surface area contributed by atoms with Crippen molar-refractivity contribution in [1.82, 2.24) is 10.6 Å². The number of aliphatic imine (C=N–C) groups is 1. The molecule has 0 aromatic heterocycles. The van der Waals surface area contributed by atoms with E-state index in [9.17, 15) is 21.6 Å². The summed E-state index contributed by atoms with van der Waals surface area (Å²) in [6, 6.07) is 0. The quantitative estimate of drug-likeness (QED) is 0.356. The Bertz CT molecular complexity index is 555. The normalized spacial score (nSPS) is 29.8. The van der Waals surface area contributed by atoms with E-state index in [-0.39, 0.29) is 54.4 Å². The standard InChI is InChI=1S/C15H26F3N3O2S.HI/c1-19-14(20-8-11-6-7-24(22,23)10-11)21-9-12-4-2-3-5-13(12)15(16,17)18;/h11-13H,2-10H2,1H3,(H2,19,20,21);1H. The van der Waals surface area contributed by atoms with Crippen molar-refractivity contribution in [3.63, 3.8) is 0 Å². The largest absolute Gasteiger partial charge is 0.392 e. The van der Waals surface area contributed by atoms with E-state index in [0.29, 0.717) is 31.8 Å². The molecule has 0 radical (unpaired) electrons. The number of hydrogen-bond donors (Lipinski definition) is 2. The first-order chi connectivity index (χ1) is 11.2. The van der Waals surface area contributed by atoms with Crippen LogP contribution in [-0.4, -0.2) is 52.2 Å². The Balaban J connectivity index is 0.00000312. The molecule has 0 amide bonds. The molecular weight excluding hydrogens is 470 g/mol. The first kappa shape index (κ1) is 22.8. The van der Waals surface area contributed by atoms with E-state index in [1.165, 1.54) is 0 Å².